The smallest absolute Gasteiger partial charge is 0.0160 e. The fraction of sp³-hybridized carbons (Fsp3) is 0.273. The molecule has 0 fully saturated rings. The number of rotatable bonds is 2. The summed E-state index contributed by atoms with van der Waals surface area (Å²) in [4.78, 5) is 0. The molecule has 0 atom stereocenters. The van der Waals surface area contributed by atoms with E-state index < -0.39 is 0 Å². The summed E-state index contributed by atoms with van der Waals surface area (Å²) in [6.07, 6.45) is 12.7. The zero-order valence-corrected chi connectivity index (χ0v) is 7.01. The van der Waals surface area contributed by atoms with Crippen LogP contribution in [0, 0.1) is 0 Å². The van der Waals surface area contributed by atoms with Crippen molar-refractivity contribution in [2.75, 3.05) is 0 Å². The van der Waals surface area contributed by atoms with E-state index in [1.807, 2.05) is 6.08 Å². The lowest BCUT2D eigenvalue weighted by Crippen LogP contribution is -1.82. The molecule has 0 bridgehead atoms. The van der Waals surface area contributed by atoms with Crippen molar-refractivity contribution in [3.63, 3.8) is 0 Å². The summed E-state index contributed by atoms with van der Waals surface area (Å²) in [5.41, 5.74) is 2.67. The Kier molecular flexibility index (Phi) is 2.91. The average molecular weight is 146 g/mol. The lowest BCUT2D eigenvalue weighted by molar-refractivity contribution is 1.11. The first-order valence-corrected chi connectivity index (χ1v) is 4.07. The van der Waals surface area contributed by atoms with Gasteiger partial charge < -0.3 is 0 Å². The monoisotopic (exact) mass is 146 g/mol. The molecule has 0 aromatic heterocycles. The van der Waals surface area contributed by atoms with E-state index in [1.54, 1.807) is 0 Å². The highest BCUT2D eigenvalue weighted by Crippen LogP contribution is 2.18. The van der Waals surface area contributed by atoms with Gasteiger partial charge in [0.1, 0.15) is 0 Å². The van der Waals surface area contributed by atoms with Crippen LogP contribution in [-0.4, -0.2) is 0 Å². The molecule has 0 saturated carbocycles. The van der Waals surface area contributed by atoms with Gasteiger partial charge in [-0.1, -0.05) is 43.9 Å². The van der Waals surface area contributed by atoms with E-state index in [4.69, 9.17) is 0 Å². The Bertz CT molecular complexity index is 226. The van der Waals surface area contributed by atoms with Crippen LogP contribution in [-0.2, 0) is 0 Å². The van der Waals surface area contributed by atoms with Crippen molar-refractivity contribution in [3.05, 3.63) is 48.1 Å². The van der Waals surface area contributed by atoms with E-state index >= 15 is 0 Å². The molecular formula is C11H14. The maximum Gasteiger partial charge on any atom is -0.0160 e. The highest BCUT2D eigenvalue weighted by Gasteiger charge is 1.98. The quantitative estimate of drug-likeness (QED) is 0.560. The second kappa shape index (κ2) is 3.97. The third-order valence-electron chi connectivity index (χ3n) is 1.88. The third kappa shape index (κ3) is 1.94. The zero-order chi connectivity index (χ0) is 8.10. The van der Waals surface area contributed by atoms with E-state index in [9.17, 15) is 0 Å². The van der Waals surface area contributed by atoms with Gasteiger partial charge in [-0.3, -0.25) is 0 Å². The molecule has 0 nitrogen and oxygen atoms in total. The van der Waals surface area contributed by atoms with Gasteiger partial charge in [0.05, 0.1) is 0 Å². The number of hydrogen-bond acceptors (Lipinski definition) is 0. The summed E-state index contributed by atoms with van der Waals surface area (Å²) in [5.74, 6) is 0. The van der Waals surface area contributed by atoms with Crippen molar-refractivity contribution in [1.29, 1.82) is 0 Å². The van der Waals surface area contributed by atoms with Crippen LogP contribution in [0.1, 0.15) is 19.8 Å². The standard InChI is InChI=1S/C11H14/c1-3-10-8-6-5-7-9-11(10)4-2/h3,5-6,8-9H,1,4,7H2,2H3. The average Bonchev–Trinajstić information content (AvgIpc) is 2.27. The van der Waals surface area contributed by atoms with Gasteiger partial charge in [0.15, 0.2) is 0 Å². The lowest BCUT2D eigenvalue weighted by atomic mass is 10.0. The molecule has 1 rings (SSSR count). The first-order valence-electron chi connectivity index (χ1n) is 4.07. The molecule has 0 amide bonds. The second-order valence-electron chi connectivity index (χ2n) is 2.57. The summed E-state index contributed by atoms with van der Waals surface area (Å²) in [5, 5.41) is 0. The predicted octanol–water partition coefficient (Wildman–Crippen LogP) is 3.40. The van der Waals surface area contributed by atoms with Gasteiger partial charge in [0.25, 0.3) is 0 Å². The summed E-state index contributed by atoms with van der Waals surface area (Å²) in [6, 6.07) is 0. The molecule has 58 valence electrons. The molecule has 0 unspecified atom stereocenters. The van der Waals surface area contributed by atoms with Crippen LogP contribution in [0.4, 0.5) is 0 Å². The maximum atomic E-state index is 3.78. The van der Waals surface area contributed by atoms with Crippen LogP contribution in [0.25, 0.3) is 0 Å². The molecule has 0 heterocycles. The Morgan fingerprint density at radius 2 is 2.45 bits per heavy atom. The van der Waals surface area contributed by atoms with Crippen LogP contribution in [0.5, 0.6) is 0 Å². The second-order valence-corrected chi connectivity index (χ2v) is 2.57. The van der Waals surface area contributed by atoms with Crippen molar-refractivity contribution < 1.29 is 0 Å². The van der Waals surface area contributed by atoms with E-state index in [1.165, 1.54) is 11.1 Å². The van der Waals surface area contributed by atoms with Crippen LogP contribution >= 0.6 is 0 Å². The highest BCUT2D eigenvalue weighted by atomic mass is 14.0. The molecule has 0 aromatic rings. The molecule has 1 aliphatic carbocycles. The maximum absolute atomic E-state index is 3.78. The summed E-state index contributed by atoms with van der Waals surface area (Å²) >= 11 is 0. The summed E-state index contributed by atoms with van der Waals surface area (Å²) in [6.45, 7) is 5.96. The first kappa shape index (κ1) is 8.06. The summed E-state index contributed by atoms with van der Waals surface area (Å²) in [7, 11) is 0. The molecule has 0 N–H and O–H groups in total. The fourth-order valence-electron chi connectivity index (χ4n) is 1.23. The third-order valence-corrected chi connectivity index (χ3v) is 1.88. The molecule has 0 heteroatoms. The van der Waals surface area contributed by atoms with E-state index in [0.29, 0.717) is 0 Å². The number of hydrogen-bond donors (Lipinski definition) is 0. The Morgan fingerprint density at radius 3 is 3.09 bits per heavy atom. The van der Waals surface area contributed by atoms with Gasteiger partial charge in [-0.25, -0.2) is 0 Å². The number of allylic oxidation sites excluding steroid dienone is 7. The molecule has 0 aliphatic heterocycles. The Labute approximate surface area is 68.6 Å². The molecule has 0 aromatic carbocycles. The van der Waals surface area contributed by atoms with Gasteiger partial charge in [-0.05, 0) is 24.0 Å². The van der Waals surface area contributed by atoms with Crippen molar-refractivity contribution in [1.82, 2.24) is 0 Å². The van der Waals surface area contributed by atoms with Crippen LogP contribution in [0.3, 0.4) is 0 Å². The molecule has 0 saturated heterocycles. The Morgan fingerprint density at radius 1 is 1.64 bits per heavy atom. The lowest BCUT2D eigenvalue weighted by Gasteiger charge is -2.02. The molecule has 1 aliphatic rings. The minimum atomic E-state index is 1.05. The highest BCUT2D eigenvalue weighted by molar-refractivity contribution is 5.42. The van der Waals surface area contributed by atoms with Crippen LogP contribution in [0.15, 0.2) is 48.1 Å². The van der Waals surface area contributed by atoms with Crippen LogP contribution in [0.2, 0.25) is 0 Å². The summed E-state index contributed by atoms with van der Waals surface area (Å²) < 4.78 is 0. The largest absolute Gasteiger partial charge is 0.0985 e. The van der Waals surface area contributed by atoms with Gasteiger partial charge in [-0.2, -0.15) is 0 Å². The minimum Gasteiger partial charge on any atom is -0.0985 e. The van der Waals surface area contributed by atoms with Gasteiger partial charge in [0, 0.05) is 0 Å². The molecular weight excluding hydrogens is 132 g/mol. The Balaban J connectivity index is 2.90. The molecule has 0 spiro atoms. The topological polar surface area (TPSA) is 0 Å². The fourth-order valence-corrected chi connectivity index (χ4v) is 1.23. The van der Waals surface area contributed by atoms with Gasteiger partial charge in [-0.15, -0.1) is 0 Å². The van der Waals surface area contributed by atoms with Crippen LogP contribution < -0.4 is 0 Å². The first-order chi connectivity index (χ1) is 5.38. The minimum absolute atomic E-state index is 1.05. The van der Waals surface area contributed by atoms with E-state index in [0.717, 1.165) is 12.8 Å². The predicted molar refractivity (Wildman–Crippen MR) is 50.4 cm³/mol. The SMILES string of the molecule is C=CC1=CC=CCC=C1CC. The van der Waals surface area contributed by atoms with Gasteiger partial charge >= 0.3 is 0 Å². The Hall–Kier alpha value is -1.04. The van der Waals surface area contributed by atoms with Crippen molar-refractivity contribution in [2.45, 2.75) is 19.8 Å². The zero-order valence-electron chi connectivity index (χ0n) is 7.01. The normalized spacial score (nSPS) is 16.8. The van der Waals surface area contributed by atoms with Crippen molar-refractivity contribution in [3.8, 4) is 0 Å². The van der Waals surface area contributed by atoms with Crippen molar-refractivity contribution >= 4 is 0 Å². The molecule has 11 heavy (non-hydrogen) atoms. The van der Waals surface area contributed by atoms with Crippen molar-refractivity contribution in [2.24, 2.45) is 0 Å². The van der Waals surface area contributed by atoms with E-state index in [2.05, 4.69) is 37.8 Å². The van der Waals surface area contributed by atoms with E-state index in [-0.39, 0.29) is 0 Å². The van der Waals surface area contributed by atoms with Gasteiger partial charge in [0.2, 0.25) is 0 Å². The molecule has 0 radical (unpaired) electrons.